The maximum absolute atomic E-state index is 13.8. The molecule has 0 fully saturated rings. The number of allylic oxidation sites excluding steroid dienone is 20. The van der Waals surface area contributed by atoms with E-state index < -0.39 is 42.6 Å². The summed E-state index contributed by atoms with van der Waals surface area (Å²) in [6.45, 7) is 5.10. The lowest BCUT2D eigenvalue weighted by atomic mass is 9.94. The highest BCUT2D eigenvalue weighted by atomic mass is 19.3. The van der Waals surface area contributed by atoms with Crippen LogP contribution in [0.15, 0.2) is 122 Å². The molecule has 0 amide bonds. The summed E-state index contributed by atoms with van der Waals surface area (Å²) in [6, 6.07) is 0. The van der Waals surface area contributed by atoms with Gasteiger partial charge in [-0.15, -0.1) is 0 Å². The van der Waals surface area contributed by atoms with Crippen LogP contribution in [0.1, 0.15) is 143 Å². The Hall–Kier alpha value is -4.37. The molecule has 2 N–H and O–H groups in total. The average molecular weight is 824 g/mol. The molecule has 2 unspecified atom stereocenters. The van der Waals surface area contributed by atoms with Crippen LogP contribution in [-0.4, -0.2) is 49.2 Å². The standard InChI is InChI=1S/C50H75F2NO6/c1-4-7-10-12-14-16-18-20-22-24-26-28-30-32-34-36-38-40-46(54)57-43-45(44-58-49(56)50(53,48(51)52)42-9-6-3)59-47(55)41-39-37-35-33-31-29-27-25-23-21-19-17-15-13-11-8-5-2/h7-8,10-11,14-17,20-23,26-29,32-35,45,48H,4-6,9,12-13,18-19,24-25,30-31,36-44,53H2,1-3H3/b10-7-,11-8-,16-14-,17-15-,22-20-,23-21-,28-26-,29-27-,34-32-,35-33-. The number of carbonyl (C=O) groups excluding carboxylic acids is 3. The zero-order chi connectivity index (χ0) is 43.5. The van der Waals surface area contributed by atoms with Gasteiger partial charge in [0.2, 0.25) is 0 Å². The van der Waals surface area contributed by atoms with Gasteiger partial charge in [-0.2, -0.15) is 0 Å². The van der Waals surface area contributed by atoms with E-state index in [1.807, 2.05) is 24.3 Å². The first kappa shape index (κ1) is 54.6. The van der Waals surface area contributed by atoms with Crippen LogP contribution in [0.3, 0.4) is 0 Å². The third kappa shape index (κ3) is 34.2. The third-order valence-electron chi connectivity index (χ3n) is 8.66. The van der Waals surface area contributed by atoms with Crippen molar-refractivity contribution in [3.63, 3.8) is 0 Å². The predicted molar refractivity (Wildman–Crippen MR) is 241 cm³/mol. The number of nitrogens with two attached hydrogens (primary N) is 1. The van der Waals surface area contributed by atoms with Crippen molar-refractivity contribution in [1.82, 2.24) is 0 Å². The van der Waals surface area contributed by atoms with Gasteiger partial charge in [-0.3, -0.25) is 9.59 Å². The Labute approximate surface area is 355 Å². The number of hydrogen-bond acceptors (Lipinski definition) is 7. The maximum atomic E-state index is 13.8. The number of rotatable bonds is 36. The van der Waals surface area contributed by atoms with Gasteiger partial charge >= 0.3 is 17.9 Å². The van der Waals surface area contributed by atoms with Crippen molar-refractivity contribution < 1.29 is 37.4 Å². The molecule has 0 aliphatic heterocycles. The van der Waals surface area contributed by atoms with E-state index in [0.717, 1.165) is 64.2 Å². The van der Waals surface area contributed by atoms with Crippen molar-refractivity contribution in [1.29, 1.82) is 0 Å². The highest BCUT2D eigenvalue weighted by Gasteiger charge is 2.44. The molecule has 0 aromatic heterocycles. The number of carbonyl (C=O) groups is 3. The monoisotopic (exact) mass is 824 g/mol. The van der Waals surface area contributed by atoms with E-state index in [1.165, 1.54) is 0 Å². The smallest absolute Gasteiger partial charge is 0.332 e. The molecule has 0 heterocycles. The van der Waals surface area contributed by atoms with Crippen LogP contribution in [0.25, 0.3) is 0 Å². The van der Waals surface area contributed by atoms with Gasteiger partial charge in [-0.1, -0.05) is 155 Å². The fourth-order valence-electron chi connectivity index (χ4n) is 5.16. The zero-order valence-electron chi connectivity index (χ0n) is 36.3. The van der Waals surface area contributed by atoms with E-state index in [9.17, 15) is 23.2 Å². The fourth-order valence-corrected chi connectivity index (χ4v) is 5.16. The summed E-state index contributed by atoms with van der Waals surface area (Å²) in [5, 5.41) is 0. The first-order chi connectivity index (χ1) is 28.7. The molecule has 0 saturated carbocycles. The van der Waals surface area contributed by atoms with Crippen molar-refractivity contribution in [2.45, 2.75) is 161 Å². The van der Waals surface area contributed by atoms with E-state index in [4.69, 9.17) is 19.9 Å². The molecule has 330 valence electrons. The minimum atomic E-state index is -3.14. The highest BCUT2D eigenvalue weighted by Crippen LogP contribution is 2.22. The topological polar surface area (TPSA) is 105 Å². The van der Waals surface area contributed by atoms with E-state index in [1.54, 1.807) is 6.92 Å². The number of esters is 3. The Bertz CT molecular complexity index is 1390. The molecule has 0 aromatic carbocycles. The lowest BCUT2D eigenvalue weighted by Gasteiger charge is -2.27. The van der Waals surface area contributed by atoms with E-state index in [-0.39, 0.29) is 25.9 Å². The second-order valence-corrected chi connectivity index (χ2v) is 14.0. The van der Waals surface area contributed by atoms with Crippen LogP contribution >= 0.6 is 0 Å². The zero-order valence-corrected chi connectivity index (χ0v) is 36.3. The molecular weight excluding hydrogens is 749 g/mol. The molecule has 7 nitrogen and oxygen atoms in total. The molecule has 0 rings (SSSR count). The van der Waals surface area contributed by atoms with Gasteiger partial charge in [0.15, 0.2) is 11.6 Å². The third-order valence-corrected chi connectivity index (χ3v) is 8.66. The first-order valence-corrected chi connectivity index (χ1v) is 21.8. The van der Waals surface area contributed by atoms with Gasteiger partial charge in [-0.05, 0) is 96.3 Å². The Morgan fingerprint density at radius 1 is 0.508 bits per heavy atom. The van der Waals surface area contributed by atoms with Gasteiger partial charge in [0, 0.05) is 12.8 Å². The summed E-state index contributed by atoms with van der Waals surface area (Å²) >= 11 is 0. The number of unbranched alkanes of at least 4 members (excludes halogenated alkanes) is 3. The summed E-state index contributed by atoms with van der Waals surface area (Å²) in [5.41, 5.74) is 3.28. The van der Waals surface area contributed by atoms with Gasteiger partial charge in [0.1, 0.15) is 13.2 Å². The number of ether oxygens (including phenoxy) is 3. The molecule has 59 heavy (non-hydrogen) atoms. The van der Waals surface area contributed by atoms with Crippen LogP contribution in [0, 0.1) is 0 Å². The molecule has 9 heteroatoms. The molecule has 0 bridgehead atoms. The maximum Gasteiger partial charge on any atom is 0.332 e. The Morgan fingerprint density at radius 2 is 0.864 bits per heavy atom. The van der Waals surface area contributed by atoms with Crippen molar-refractivity contribution in [2.75, 3.05) is 13.2 Å². The molecule has 2 atom stereocenters. The molecule has 0 aliphatic carbocycles. The van der Waals surface area contributed by atoms with Crippen LogP contribution in [0.5, 0.6) is 0 Å². The van der Waals surface area contributed by atoms with Gasteiger partial charge in [0.25, 0.3) is 6.43 Å². The number of hydrogen-bond donors (Lipinski definition) is 1. The van der Waals surface area contributed by atoms with Gasteiger partial charge in [0.05, 0.1) is 0 Å². The molecular formula is C50H75F2NO6. The van der Waals surface area contributed by atoms with Crippen LogP contribution in [0.2, 0.25) is 0 Å². The lowest BCUT2D eigenvalue weighted by Crippen LogP contribution is -2.55. The second-order valence-electron chi connectivity index (χ2n) is 14.0. The Kier molecular flexibility index (Phi) is 37.4. The molecule has 0 aliphatic rings. The highest BCUT2D eigenvalue weighted by molar-refractivity contribution is 5.81. The largest absolute Gasteiger partial charge is 0.462 e. The van der Waals surface area contributed by atoms with Crippen LogP contribution < -0.4 is 5.73 Å². The van der Waals surface area contributed by atoms with Crippen molar-refractivity contribution >= 4 is 17.9 Å². The molecule has 0 saturated heterocycles. The Morgan fingerprint density at radius 3 is 1.24 bits per heavy atom. The quantitative estimate of drug-likeness (QED) is 0.0290. The minimum absolute atomic E-state index is 0.0777. The Balaban J connectivity index is 4.74. The molecule has 0 spiro atoms. The van der Waals surface area contributed by atoms with E-state index >= 15 is 0 Å². The van der Waals surface area contributed by atoms with Crippen LogP contribution in [0.4, 0.5) is 8.78 Å². The van der Waals surface area contributed by atoms with E-state index in [2.05, 4.69) is 111 Å². The number of alkyl halides is 2. The summed E-state index contributed by atoms with van der Waals surface area (Å²) in [4.78, 5) is 37.8. The normalized spacial score (nSPS) is 14.4. The lowest BCUT2D eigenvalue weighted by molar-refractivity contribution is -0.171. The summed E-state index contributed by atoms with van der Waals surface area (Å²) < 4.78 is 43.5. The van der Waals surface area contributed by atoms with Crippen molar-refractivity contribution in [3.05, 3.63) is 122 Å². The van der Waals surface area contributed by atoms with Crippen LogP contribution in [-0.2, 0) is 28.6 Å². The molecule has 0 radical (unpaired) electrons. The van der Waals surface area contributed by atoms with Crippen molar-refractivity contribution in [3.8, 4) is 0 Å². The summed E-state index contributed by atoms with van der Waals surface area (Å²) in [5.74, 6) is -2.37. The predicted octanol–water partition coefficient (Wildman–Crippen LogP) is 13.0. The number of halogens is 2. The SMILES string of the molecule is CC/C=C\C/C=C\C/C=C\C/C=C\C/C=C\CCCC(=O)OCC(COC(=O)C(N)(CCCC)C(F)F)OC(=O)CCC/C=C\C/C=C\C/C=C\C/C=C\C/C=C\CC. The van der Waals surface area contributed by atoms with Gasteiger partial charge in [-0.25, -0.2) is 13.6 Å². The van der Waals surface area contributed by atoms with Crippen molar-refractivity contribution in [2.24, 2.45) is 5.73 Å². The second kappa shape index (κ2) is 40.4. The average Bonchev–Trinajstić information content (AvgIpc) is 3.22. The van der Waals surface area contributed by atoms with E-state index in [0.29, 0.717) is 38.5 Å². The first-order valence-electron chi connectivity index (χ1n) is 21.8. The van der Waals surface area contributed by atoms with Gasteiger partial charge < -0.3 is 19.9 Å². The fraction of sp³-hybridized carbons (Fsp3) is 0.540. The molecule has 0 aromatic rings. The minimum Gasteiger partial charge on any atom is -0.462 e. The summed E-state index contributed by atoms with van der Waals surface area (Å²) in [7, 11) is 0. The summed E-state index contributed by atoms with van der Waals surface area (Å²) in [6.07, 6.45) is 50.6.